The number of piperazine rings is 1. The molecular weight excluding hydrogens is 264 g/mol. The molecule has 1 N–H and O–H groups in total. The van der Waals surface area contributed by atoms with Crippen LogP contribution in [0.15, 0.2) is 30.3 Å². The molecule has 0 aromatic heterocycles. The van der Waals surface area contributed by atoms with E-state index in [9.17, 15) is 9.59 Å². The van der Waals surface area contributed by atoms with E-state index in [4.69, 9.17) is 0 Å². The van der Waals surface area contributed by atoms with Crippen LogP contribution < -0.4 is 5.32 Å². The Morgan fingerprint density at radius 2 is 1.81 bits per heavy atom. The van der Waals surface area contributed by atoms with E-state index < -0.39 is 5.54 Å². The number of carbonyl (C=O) groups is 2. The topological polar surface area (TPSA) is 49.4 Å². The van der Waals surface area contributed by atoms with Crippen molar-refractivity contribution in [1.29, 1.82) is 0 Å². The van der Waals surface area contributed by atoms with Gasteiger partial charge in [0.05, 0.1) is 6.54 Å². The summed E-state index contributed by atoms with van der Waals surface area (Å²) in [7, 11) is 0. The van der Waals surface area contributed by atoms with Gasteiger partial charge in [-0.25, -0.2) is 0 Å². The normalized spacial score (nSPS) is 19.3. The standard InChI is InChI=1S/C17H24N2O2/c1-4-17(5-2)16(21)19(12-15(20)18-17)11-13(3)14-9-7-6-8-10-14/h6-10,13H,4-5,11-12H2,1-3H3,(H,18,20). The number of carbonyl (C=O) groups excluding carboxylic acids is 2. The average Bonchev–Trinajstić information content (AvgIpc) is 2.51. The first-order chi connectivity index (χ1) is 10.0. The molecule has 1 aromatic rings. The van der Waals surface area contributed by atoms with Crippen molar-refractivity contribution in [1.82, 2.24) is 10.2 Å². The van der Waals surface area contributed by atoms with E-state index in [0.717, 1.165) is 0 Å². The average molecular weight is 288 g/mol. The van der Waals surface area contributed by atoms with Crippen LogP contribution in [0.5, 0.6) is 0 Å². The second-order valence-corrected chi connectivity index (χ2v) is 5.83. The molecule has 2 amide bonds. The summed E-state index contributed by atoms with van der Waals surface area (Å²) in [4.78, 5) is 26.4. The van der Waals surface area contributed by atoms with Crippen molar-refractivity contribution >= 4 is 11.8 Å². The highest BCUT2D eigenvalue weighted by atomic mass is 16.2. The van der Waals surface area contributed by atoms with Gasteiger partial charge in [0.2, 0.25) is 11.8 Å². The van der Waals surface area contributed by atoms with Gasteiger partial charge in [0, 0.05) is 6.54 Å². The van der Waals surface area contributed by atoms with Crippen molar-refractivity contribution in [2.24, 2.45) is 0 Å². The molecular formula is C17H24N2O2. The molecule has 0 aliphatic carbocycles. The summed E-state index contributed by atoms with van der Waals surface area (Å²) >= 11 is 0. The first-order valence-corrected chi connectivity index (χ1v) is 7.67. The zero-order valence-electron chi connectivity index (χ0n) is 13.1. The Kier molecular flexibility index (Phi) is 4.66. The quantitative estimate of drug-likeness (QED) is 0.904. The van der Waals surface area contributed by atoms with Gasteiger partial charge >= 0.3 is 0 Å². The molecule has 2 rings (SSSR count). The van der Waals surface area contributed by atoms with Crippen molar-refractivity contribution in [3.05, 3.63) is 35.9 Å². The minimum atomic E-state index is -0.717. The molecule has 1 fully saturated rings. The molecule has 21 heavy (non-hydrogen) atoms. The van der Waals surface area contributed by atoms with E-state index in [-0.39, 0.29) is 24.3 Å². The lowest BCUT2D eigenvalue weighted by Gasteiger charge is -2.42. The lowest BCUT2D eigenvalue weighted by atomic mass is 9.88. The van der Waals surface area contributed by atoms with E-state index >= 15 is 0 Å². The predicted molar refractivity (Wildman–Crippen MR) is 82.9 cm³/mol. The maximum atomic E-state index is 12.7. The minimum Gasteiger partial charge on any atom is -0.340 e. The second-order valence-electron chi connectivity index (χ2n) is 5.83. The molecule has 0 saturated carbocycles. The predicted octanol–water partition coefficient (Wildman–Crippen LogP) is 2.31. The van der Waals surface area contributed by atoms with Crippen LogP contribution in [0.4, 0.5) is 0 Å². The summed E-state index contributed by atoms with van der Waals surface area (Å²) in [6.07, 6.45) is 1.26. The van der Waals surface area contributed by atoms with Crippen molar-refractivity contribution < 1.29 is 9.59 Å². The lowest BCUT2D eigenvalue weighted by Crippen LogP contribution is -2.66. The van der Waals surface area contributed by atoms with Gasteiger partial charge in [-0.05, 0) is 24.3 Å². The summed E-state index contributed by atoms with van der Waals surface area (Å²) in [5.41, 5.74) is 0.473. The molecule has 1 saturated heterocycles. The largest absolute Gasteiger partial charge is 0.340 e. The van der Waals surface area contributed by atoms with Gasteiger partial charge in [-0.1, -0.05) is 51.1 Å². The molecule has 1 aliphatic heterocycles. The van der Waals surface area contributed by atoms with Crippen molar-refractivity contribution in [3.63, 3.8) is 0 Å². The van der Waals surface area contributed by atoms with Gasteiger partial charge in [0.15, 0.2) is 0 Å². The fourth-order valence-corrected chi connectivity index (χ4v) is 3.00. The van der Waals surface area contributed by atoms with E-state index in [1.165, 1.54) is 5.56 Å². The van der Waals surface area contributed by atoms with Crippen LogP contribution in [-0.4, -0.2) is 35.3 Å². The first-order valence-electron chi connectivity index (χ1n) is 7.67. The molecule has 4 nitrogen and oxygen atoms in total. The molecule has 4 heteroatoms. The minimum absolute atomic E-state index is 0.0508. The van der Waals surface area contributed by atoms with Gasteiger partial charge in [-0.2, -0.15) is 0 Å². The number of nitrogens with zero attached hydrogens (tertiary/aromatic N) is 1. The Hall–Kier alpha value is -1.84. The summed E-state index contributed by atoms with van der Waals surface area (Å²) < 4.78 is 0. The molecule has 0 bridgehead atoms. The van der Waals surface area contributed by atoms with Gasteiger partial charge in [-0.3, -0.25) is 9.59 Å². The maximum Gasteiger partial charge on any atom is 0.248 e. The number of benzene rings is 1. The van der Waals surface area contributed by atoms with Crippen LogP contribution in [-0.2, 0) is 9.59 Å². The number of amides is 2. The van der Waals surface area contributed by atoms with Crippen LogP contribution in [0.1, 0.15) is 45.1 Å². The first kappa shape index (κ1) is 15.5. The molecule has 1 aromatic carbocycles. The SMILES string of the molecule is CCC1(CC)NC(=O)CN(CC(C)c2ccccc2)C1=O. The summed E-state index contributed by atoms with van der Waals surface area (Å²) in [5.74, 6) is 0.209. The van der Waals surface area contributed by atoms with E-state index in [1.54, 1.807) is 4.90 Å². The number of nitrogens with one attached hydrogen (secondary N) is 1. The molecule has 0 spiro atoms. The van der Waals surface area contributed by atoms with E-state index in [1.807, 2.05) is 32.0 Å². The van der Waals surface area contributed by atoms with Crippen LogP contribution in [0.2, 0.25) is 0 Å². The van der Waals surface area contributed by atoms with Crippen molar-refractivity contribution in [3.8, 4) is 0 Å². The summed E-state index contributed by atoms with van der Waals surface area (Å²) in [6, 6.07) is 10.1. The third-order valence-corrected chi connectivity index (χ3v) is 4.48. The molecule has 0 radical (unpaired) electrons. The number of rotatable bonds is 5. The number of hydrogen-bond donors (Lipinski definition) is 1. The zero-order valence-corrected chi connectivity index (χ0v) is 13.1. The fraction of sp³-hybridized carbons (Fsp3) is 0.529. The Bertz CT molecular complexity index is 509. The highest BCUT2D eigenvalue weighted by Gasteiger charge is 2.44. The summed E-state index contributed by atoms with van der Waals surface area (Å²) in [5, 5.41) is 2.89. The van der Waals surface area contributed by atoms with Gasteiger partial charge in [-0.15, -0.1) is 0 Å². The summed E-state index contributed by atoms with van der Waals surface area (Å²) in [6.45, 7) is 6.74. The highest BCUT2D eigenvalue weighted by molar-refractivity contribution is 5.97. The highest BCUT2D eigenvalue weighted by Crippen LogP contribution is 2.24. The van der Waals surface area contributed by atoms with E-state index in [2.05, 4.69) is 24.4 Å². The maximum absolute atomic E-state index is 12.7. The Labute approximate surface area is 126 Å². The van der Waals surface area contributed by atoms with Gasteiger partial charge in [0.1, 0.15) is 5.54 Å². The number of hydrogen-bond acceptors (Lipinski definition) is 2. The zero-order chi connectivity index (χ0) is 15.5. The van der Waals surface area contributed by atoms with Crippen LogP contribution in [0, 0.1) is 0 Å². The van der Waals surface area contributed by atoms with E-state index in [0.29, 0.717) is 19.4 Å². The third kappa shape index (κ3) is 3.09. The second kappa shape index (κ2) is 6.29. The van der Waals surface area contributed by atoms with Crippen LogP contribution >= 0.6 is 0 Å². The van der Waals surface area contributed by atoms with Gasteiger partial charge < -0.3 is 10.2 Å². The Morgan fingerprint density at radius 1 is 1.19 bits per heavy atom. The molecule has 1 atom stereocenters. The molecule has 1 heterocycles. The third-order valence-electron chi connectivity index (χ3n) is 4.48. The lowest BCUT2D eigenvalue weighted by molar-refractivity contribution is -0.150. The fourth-order valence-electron chi connectivity index (χ4n) is 3.00. The molecule has 114 valence electrons. The van der Waals surface area contributed by atoms with Crippen LogP contribution in [0.3, 0.4) is 0 Å². The molecule has 1 unspecified atom stereocenters. The van der Waals surface area contributed by atoms with Crippen LogP contribution in [0.25, 0.3) is 0 Å². The molecule has 1 aliphatic rings. The Balaban J connectivity index is 2.15. The monoisotopic (exact) mass is 288 g/mol. The van der Waals surface area contributed by atoms with Gasteiger partial charge in [0.25, 0.3) is 0 Å². The smallest absolute Gasteiger partial charge is 0.248 e. The van der Waals surface area contributed by atoms with Crippen molar-refractivity contribution in [2.45, 2.75) is 45.1 Å². The Morgan fingerprint density at radius 3 is 2.38 bits per heavy atom. The van der Waals surface area contributed by atoms with Crippen molar-refractivity contribution in [2.75, 3.05) is 13.1 Å².